The van der Waals surface area contributed by atoms with E-state index in [1.54, 1.807) is 0 Å². The number of carboxylic acids is 1. The molecule has 3 N–H and O–H groups in total. The van der Waals surface area contributed by atoms with Crippen molar-refractivity contribution in [2.45, 2.75) is 47.1 Å². The average molecular weight is 390 g/mol. The highest BCUT2D eigenvalue weighted by atomic mass is 16.4. The first-order valence-corrected chi connectivity index (χ1v) is 9.21. The highest BCUT2D eigenvalue weighted by molar-refractivity contribution is 6.05. The van der Waals surface area contributed by atoms with Crippen LogP contribution in [0.4, 0.5) is 0 Å². The van der Waals surface area contributed by atoms with Gasteiger partial charge in [0.2, 0.25) is 0 Å². The van der Waals surface area contributed by atoms with Gasteiger partial charge in [0, 0.05) is 18.8 Å². The van der Waals surface area contributed by atoms with Crippen LogP contribution < -0.4 is 16.6 Å². The molecule has 1 amide bonds. The maximum absolute atomic E-state index is 12.8. The largest absolute Gasteiger partial charge is 0.481 e. The Balaban J connectivity index is 2.70. The molecule has 0 aliphatic carbocycles. The van der Waals surface area contributed by atoms with Crippen molar-refractivity contribution in [2.75, 3.05) is 6.54 Å². The summed E-state index contributed by atoms with van der Waals surface area (Å²) in [5, 5.41) is 11.6. The number of nitrogens with zero attached hydrogens (tertiary/aromatic N) is 2. The summed E-state index contributed by atoms with van der Waals surface area (Å²) in [6.07, 6.45) is 0. The first-order chi connectivity index (χ1) is 13.0. The number of hydrogen-bond acceptors (Lipinski definition) is 5. The number of carboxylic acid groups (broad SMARTS) is 1. The van der Waals surface area contributed by atoms with Crippen molar-refractivity contribution in [1.29, 1.82) is 0 Å². The fourth-order valence-corrected chi connectivity index (χ4v) is 2.73. The van der Waals surface area contributed by atoms with Gasteiger partial charge in [-0.25, -0.2) is 9.78 Å². The summed E-state index contributed by atoms with van der Waals surface area (Å²) in [7, 11) is 0. The first kappa shape index (κ1) is 21.3. The molecule has 0 aromatic carbocycles. The molecule has 2 aromatic heterocycles. The fourth-order valence-electron chi connectivity index (χ4n) is 2.73. The molecule has 0 aliphatic heterocycles. The number of carbonyl (C=O) groups is 2. The number of fused-ring (bicyclic) bond motifs is 1. The molecule has 2 aromatic rings. The number of amides is 1. The van der Waals surface area contributed by atoms with E-state index in [-0.39, 0.29) is 35.0 Å². The summed E-state index contributed by atoms with van der Waals surface area (Å²) >= 11 is 0. The zero-order valence-electron chi connectivity index (χ0n) is 16.7. The van der Waals surface area contributed by atoms with Crippen LogP contribution in [-0.2, 0) is 11.3 Å². The Labute approximate surface area is 161 Å². The number of aromatic amines is 1. The van der Waals surface area contributed by atoms with Crippen LogP contribution in [0, 0.1) is 11.8 Å². The molecule has 0 saturated heterocycles. The van der Waals surface area contributed by atoms with Crippen molar-refractivity contribution in [3.63, 3.8) is 0 Å². The Kier molecular flexibility index (Phi) is 6.37. The molecule has 0 aliphatic rings. The van der Waals surface area contributed by atoms with Gasteiger partial charge in [0.05, 0.1) is 16.9 Å². The number of rotatable bonds is 7. The highest BCUT2D eigenvalue weighted by Crippen LogP contribution is 2.20. The Morgan fingerprint density at radius 2 is 1.86 bits per heavy atom. The van der Waals surface area contributed by atoms with Crippen molar-refractivity contribution in [1.82, 2.24) is 19.9 Å². The molecule has 0 saturated carbocycles. The first-order valence-electron chi connectivity index (χ1n) is 9.21. The van der Waals surface area contributed by atoms with E-state index < -0.39 is 29.0 Å². The minimum Gasteiger partial charge on any atom is -0.481 e. The smallest absolute Gasteiger partial charge is 0.330 e. The van der Waals surface area contributed by atoms with E-state index in [0.717, 1.165) is 0 Å². The Hall–Kier alpha value is -2.97. The van der Waals surface area contributed by atoms with E-state index in [4.69, 9.17) is 5.11 Å². The van der Waals surface area contributed by atoms with Gasteiger partial charge >= 0.3 is 11.7 Å². The molecule has 9 heteroatoms. The van der Waals surface area contributed by atoms with Crippen LogP contribution in [0.2, 0.25) is 0 Å². The fraction of sp³-hybridized carbons (Fsp3) is 0.526. The predicted octanol–water partition coefficient (Wildman–Crippen LogP) is 1.31. The molecule has 0 fully saturated rings. The monoisotopic (exact) mass is 390 g/mol. The zero-order chi connectivity index (χ0) is 21.2. The highest BCUT2D eigenvalue weighted by Gasteiger charge is 2.21. The Morgan fingerprint density at radius 3 is 2.39 bits per heavy atom. The number of aromatic nitrogens is 3. The van der Waals surface area contributed by atoms with E-state index in [0.29, 0.717) is 12.2 Å². The second-order valence-electron chi connectivity index (χ2n) is 7.66. The standard InChI is InChI=1S/C19H26N4O5/c1-9(2)8-23-15-14(17(25)22-19(23)28)12(6-13(21-15)10(3)4)16(24)20-7-11(5)18(26)27/h6,9-11H,7-8H2,1-5H3,(H,20,24)(H,26,27)(H,22,25,28). The molecule has 0 radical (unpaired) electrons. The molecule has 2 heterocycles. The van der Waals surface area contributed by atoms with Crippen LogP contribution in [-0.4, -0.2) is 38.1 Å². The Bertz CT molecular complexity index is 1020. The Morgan fingerprint density at radius 1 is 1.21 bits per heavy atom. The number of hydrogen-bond donors (Lipinski definition) is 3. The molecule has 2 rings (SSSR count). The molecule has 28 heavy (non-hydrogen) atoms. The maximum Gasteiger partial charge on any atom is 0.330 e. The summed E-state index contributed by atoms with van der Waals surface area (Å²) in [6.45, 7) is 9.35. The summed E-state index contributed by atoms with van der Waals surface area (Å²) in [6, 6.07) is 1.52. The lowest BCUT2D eigenvalue weighted by atomic mass is 10.0. The lowest BCUT2D eigenvalue weighted by Gasteiger charge is -2.16. The average Bonchev–Trinajstić information content (AvgIpc) is 2.61. The van der Waals surface area contributed by atoms with Gasteiger partial charge in [0.25, 0.3) is 11.5 Å². The van der Waals surface area contributed by atoms with Gasteiger partial charge < -0.3 is 10.4 Å². The van der Waals surface area contributed by atoms with Gasteiger partial charge in [-0.05, 0) is 17.9 Å². The van der Waals surface area contributed by atoms with Crippen LogP contribution in [0.3, 0.4) is 0 Å². The molecule has 1 unspecified atom stereocenters. The maximum atomic E-state index is 12.8. The lowest BCUT2D eigenvalue weighted by Crippen LogP contribution is -2.35. The van der Waals surface area contributed by atoms with Crippen molar-refractivity contribution in [2.24, 2.45) is 11.8 Å². The van der Waals surface area contributed by atoms with E-state index >= 15 is 0 Å². The third-order valence-electron chi connectivity index (χ3n) is 4.34. The zero-order valence-corrected chi connectivity index (χ0v) is 16.7. The van der Waals surface area contributed by atoms with Gasteiger partial charge in [0.15, 0.2) is 5.65 Å². The van der Waals surface area contributed by atoms with Gasteiger partial charge in [0.1, 0.15) is 0 Å². The van der Waals surface area contributed by atoms with Gasteiger partial charge in [-0.3, -0.25) is 23.9 Å². The van der Waals surface area contributed by atoms with Crippen LogP contribution in [0.15, 0.2) is 15.7 Å². The van der Waals surface area contributed by atoms with Gasteiger partial charge in [-0.2, -0.15) is 0 Å². The third-order valence-corrected chi connectivity index (χ3v) is 4.34. The predicted molar refractivity (Wildman–Crippen MR) is 105 cm³/mol. The van der Waals surface area contributed by atoms with Crippen molar-refractivity contribution in [3.8, 4) is 0 Å². The van der Waals surface area contributed by atoms with Crippen LogP contribution in [0.1, 0.15) is 56.6 Å². The number of aliphatic carboxylic acids is 1. The van der Waals surface area contributed by atoms with Crippen molar-refractivity contribution < 1.29 is 14.7 Å². The minimum absolute atomic E-state index is 0.0186. The van der Waals surface area contributed by atoms with Crippen LogP contribution >= 0.6 is 0 Å². The summed E-state index contributed by atoms with van der Waals surface area (Å²) < 4.78 is 1.37. The van der Waals surface area contributed by atoms with E-state index in [1.165, 1.54) is 17.6 Å². The van der Waals surface area contributed by atoms with Gasteiger partial charge in [-0.1, -0.05) is 34.6 Å². The lowest BCUT2D eigenvalue weighted by molar-refractivity contribution is -0.140. The van der Waals surface area contributed by atoms with E-state index in [2.05, 4.69) is 15.3 Å². The number of pyridine rings is 1. The van der Waals surface area contributed by atoms with Crippen LogP contribution in [0.5, 0.6) is 0 Å². The summed E-state index contributed by atoms with van der Waals surface area (Å²) in [5.74, 6) is -2.33. The number of nitrogens with one attached hydrogen (secondary N) is 2. The molecular formula is C19H26N4O5. The molecule has 152 valence electrons. The molecular weight excluding hydrogens is 364 g/mol. The van der Waals surface area contributed by atoms with Crippen molar-refractivity contribution >= 4 is 22.9 Å². The molecule has 9 nitrogen and oxygen atoms in total. The summed E-state index contributed by atoms with van der Waals surface area (Å²) in [5.41, 5.74) is -0.480. The molecule has 0 spiro atoms. The minimum atomic E-state index is -1.04. The number of carbonyl (C=O) groups excluding carboxylic acids is 1. The van der Waals surface area contributed by atoms with Crippen molar-refractivity contribution in [3.05, 3.63) is 38.2 Å². The summed E-state index contributed by atoms with van der Waals surface area (Å²) in [4.78, 5) is 55.3. The van der Waals surface area contributed by atoms with Gasteiger partial charge in [-0.15, -0.1) is 0 Å². The third kappa shape index (κ3) is 4.47. The van der Waals surface area contributed by atoms with E-state index in [1.807, 2.05) is 27.7 Å². The quantitative estimate of drug-likeness (QED) is 0.653. The molecule has 0 bridgehead atoms. The molecule has 1 atom stereocenters. The SMILES string of the molecule is CC(C)Cn1c(=O)[nH]c(=O)c2c(C(=O)NCC(C)C(=O)O)cc(C(C)C)nc21. The second-order valence-corrected chi connectivity index (χ2v) is 7.66. The van der Waals surface area contributed by atoms with Crippen LogP contribution in [0.25, 0.3) is 11.0 Å². The number of H-pyrrole nitrogens is 1. The normalized spacial score (nSPS) is 12.5. The second kappa shape index (κ2) is 8.37. The van der Waals surface area contributed by atoms with E-state index in [9.17, 15) is 19.2 Å². The topological polar surface area (TPSA) is 134 Å².